The molecular weight excluding hydrogens is 180 g/mol. The lowest BCUT2D eigenvalue weighted by atomic mass is 10.2. The minimum atomic E-state index is 0.148. The molecule has 0 saturated heterocycles. The van der Waals surface area contributed by atoms with Crippen molar-refractivity contribution >= 4 is 5.78 Å². The SMILES string of the molecule is CCCNCC(=O)Cc1ncnn1C. The van der Waals surface area contributed by atoms with Gasteiger partial charge in [0.15, 0.2) is 5.78 Å². The fraction of sp³-hybridized carbons (Fsp3) is 0.667. The van der Waals surface area contributed by atoms with Crippen LogP contribution in [-0.4, -0.2) is 33.6 Å². The van der Waals surface area contributed by atoms with Crippen LogP contribution in [0.1, 0.15) is 19.2 Å². The minimum absolute atomic E-state index is 0.148. The Balaban J connectivity index is 2.31. The summed E-state index contributed by atoms with van der Waals surface area (Å²) in [4.78, 5) is 15.4. The van der Waals surface area contributed by atoms with Gasteiger partial charge in [0.25, 0.3) is 0 Å². The molecule has 14 heavy (non-hydrogen) atoms. The van der Waals surface area contributed by atoms with Crippen molar-refractivity contribution in [3.63, 3.8) is 0 Å². The number of aromatic nitrogens is 3. The zero-order valence-electron chi connectivity index (χ0n) is 8.66. The van der Waals surface area contributed by atoms with Crippen molar-refractivity contribution < 1.29 is 4.79 Å². The van der Waals surface area contributed by atoms with E-state index in [1.54, 1.807) is 11.7 Å². The Hall–Kier alpha value is -1.23. The summed E-state index contributed by atoms with van der Waals surface area (Å²) in [5.74, 6) is 0.864. The van der Waals surface area contributed by atoms with E-state index in [0.717, 1.165) is 13.0 Å². The third-order valence-corrected chi connectivity index (χ3v) is 1.91. The van der Waals surface area contributed by atoms with Gasteiger partial charge in [-0.05, 0) is 13.0 Å². The lowest BCUT2D eigenvalue weighted by Gasteiger charge is -2.01. The molecule has 0 saturated carbocycles. The highest BCUT2D eigenvalue weighted by molar-refractivity contribution is 5.82. The highest BCUT2D eigenvalue weighted by Crippen LogP contribution is 1.92. The Morgan fingerprint density at radius 3 is 3.00 bits per heavy atom. The second-order valence-corrected chi connectivity index (χ2v) is 3.19. The molecule has 1 aromatic rings. The van der Waals surface area contributed by atoms with Crippen LogP contribution in [0.15, 0.2) is 6.33 Å². The number of hydrogen-bond donors (Lipinski definition) is 1. The summed E-state index contributed by atoms with van der Waals surface area (Å²) in [6.07, 6.45) is 2.85. The standard InChI is InChI=1S/C9H16N4O/c1-3-4-10-6-8(14)5-9-11-7-12-13(9)2/h7,10H,3-6H2,1-2H3. The zero-order chi connectivity index (χ0) is 10.4. The molecule has 0 aliphatic carbocycles. The Labute approximate surface area is 83.5 Å². The van der Waals surface area contributed by atoms with Crippen molar-refractivity contribution in [1.82, 2.24) is 20.1 Å². The van der Waals surface area contributed by atoms with Gasteiger partial charge in [-0.25, -0.2) is 4.98 Å². The van der Waals surface area contributed by atoms with E-state index < -0.39 is 0 Å². The van der Waals surface area contributed by atoms with Crippen LogP contribution in [0.2, 0.25) is 0 Å². The maximum Gasteiger partial charge on any atom is 0.154 e. The molecule has 0 atom stereocenters. The van der Waals surface area contributed by atoms with Crippen LogP contribution in [0.5, 0.6) is 0 Å². The fourth-order valence-electron chi connectivity index (χ4n) is 1.12. The highest BCUT2D eigenvalue weighted by atomic mass is 16.1. The summed E-state index contributed by atoms with van der Waals surface area (Å²) in [5.41, 5.74) is 0. The maximum absolute atomic E-state index is 11.4. The van der Waals surface area contributed by atoms with Gasteiger partial charge in [-0.1, -0.05) is 6.92 Å². The van der Waals surface area contributed by atoms with Crippen LogP contribution in [0.4, 0.5) is 0 Å². The minimum Gasteiger partial charge on any atom is -0.310 e. The summed E-state index contributed by atoms with van der Waals surface area (Å²) in [5, 5.41) is 6.96. The summed E-state index contributed by atoms with van der Waals surface area (Å²) < 4.78 is 1.62. The summed E-state index contributed by atoms with van der Waals surface area (Å²) in [6.45, 7) is 3.37. The predicted octanol–water partition coefficient (Wildman–Crippen LogP) is -0.0737. The quantitative estimate of drug-likeness (QED) is 0.647. The van der Waals surface area contributed by atoms with Gasteiger partial charge in [-0.15, -0.1) is 0 Å². The number of rotatable bonds is 6. The predicted molar refractivity (Wildman–Crippen MR) is 52.9 cm³/mol. The second-order valence-electron chi connectivity index (χ2n) is 3.19. The largest absolute Gasteiger partial charge is 0.310 e. The average Bonchev–Trinajstić information content (AvgIpc) is 2.52. The second kappa shape index (κ2) is 5.49. The number of carbonyl (C=O) groups is 1. The van der Waals surface area contributed by atoms with E-state index in [9.17, 15) is 4.79 Å². The van der Waals surface area contributed by atoms with E-state index in [1.807, 2.05) is 0 Å². The smallest absolute Gasteiger partial charge is 0.154 e. The molecule has 0 unspecified atom stereocenters. The fourth-order valence-corrected chi connectivity index (χ4v) is 1.12. The number of nitrogens with zero attached hydrogens (tertiary/aromatic N) is 3. The molecule has 5 heteroatoms. The molecule has 0 spiro atoms. The van der Waals surface area contributed by atoms with Gasteiger partial charge in [0.1, 0.15) is 12.2 Å². The molecular formula is C9H16N4O. The molecule has 78 valence electrons. The monoisotopic (exact) mass is 196 g/mol. The topological polar surface area (TPSA) is 59.8 Å². The van der Waals surface area contributed by atoms with Crippen molar-refractivity contribution in [2.24, 2.45) is 7.05 Å². The van der Waals surface area contributed by atoms with Gasteiger partial charge in [0.2, 0.25) is 0 Å². The Kier molecular flexibility index (Phi) is 4.25. The van der Waals surface area contributed by atoms with Crippen molar-refractivity contribution in [1.29, 1.82) is 0 Å². The van der Waals surface area contributed by atoms with Gasteiger partial charge in [0, 0.05) is 7.05 Å². The summed E-state index contributed by atoms with van der Waals surface area (Å²) in [6, 6.07) is 0. The van der Waals surface area contributed by atoms with Crippen LogP contribution in [0.25, 0.3) is 0 Å². The summed E-state index contributed by atoms with van der Waals surface area (Å²) >= 11 is 0. The first-order valence-corrected chi connectivity index (χ1v) is 4.79. The third-order valence-electron chi connectivity index (χ3n) is 1.91. The van der Waals surface area contributed by atoms with E-state index in [2.05, 4.69) is 22.3 Å². The van der Waals surface area contributed by atoms with E-state index in [0.29, 0.717) is 18.8 Å². The first-order chi connectivity index (χ1) is 6.74. The van der Waals surface area contributed by atoms with Crippen LogP contribution in [-0.2, 0) is 18.3 Å². The first-order valence-electron chi connectivity index (χ1n) is 4.79. The average molecular weight is 196 g/mol. The van der Waals surface area contributed by atoms with Gasteiger partial charge >= 0.3 is 0 Å². The molecule has 0 aliphatic rings. The van der Waals surface area contributed by atoms with E-state index in [1.165, 1.54) is 6.33 Å². The number of aryl methyl sites for hydroxylation is 1. The van der Waals surface area contributed by atoms with E-state index in [-0.39, 0.29) is 5.78 Å². The Morgan fingerprint density at radius 1 is 1.64 bits per heavy atom. The van der Waals surface area contributed by atoms with Crippen LogP contribution >= 0.6 is 0 Å². The molecule has 0 fully saturated rings. The van der Waals surface area contributed by atoms with E-state index >= 15 is 0 Å². The van der Waals surface area contributed by atoms with Gasteiger partial charge in [-0.2, -0.15) is 5.10 Å². The van der Waals surface area contributed by atoms with Gasteiger partial charge < -0.3 is 5.32 Å². The lowest BCUT2D eigenvalue weighted by Crippen LogP contribution is -2.25. The normalized spacial score (nSPS) is 10.4. The molecule has 0 amide bonds. The number of ketones is 1. The molecule has 1 aromatic heterocycles. The first kappa shape index (κ1) is 10.8. The Morgan fingerprint density at radius 2 is 2.43 bits per heavy atom. The molecule has 0 radical (unpaired) electrons. The zero-order valence-corrected chi connectivity index (χ0v) is 8.66. The lowest BCUT2D eigenvalue weighted by molar-refractivity contribution is -0.117. The van der Waals surface area contributed by atoms with Gasteiger partial charge in [0.05, 0.1) is 13.0 Å². The number of carbonyl (C=O) groups excluding carboxylic acids is 1. The van der Waals surface area contributed by atoms with Crippen LogP contribution in [0.3, 0.4) is 0 Å². The van der Waals surface area contributed by atoms with Crippen molar-refractivity contribution in [3.05, 3.63) is 12.2 Å². The highest BCUT2D eigenvalue weighted by Gasteiger charge is 2.07. The molecule has 0 aromatic carbocycles. The van der Waals surface area contributed by atoms with Crippen molar-refractivity contribution in [2.45, 2.75) is 19.8 Å². The van der Waals surface area contributed by atoms with Gasteiger partial charge in [-0.3, -0.25) is 9.48 Å². The number of nitrogens with one attached hydrogen (secondary N) is 1. The molecule has 0 aliphatic heterocycles. The van der Waals surface area contributed by atoms with Crippen molar-refractivity contribution in [3.8, 4) is 0 Å². The molecule has 5 nitrogen and oxygen atoms in total. The Bertz CT molecular complexity index is 295. The van der Waals surface area contributed by atoms with Crippen LogP contribution < -0.4 is 5.32 Å². The number of hydrogen-bond acceptors (Lipinski definition) is 4. The third kappa shape index (κ3) is 3.26. The van der Waals surface area contributed by atoms with Crippen molar-refractivity contribution in [2.75, 3.05) is 13.1 Å². The maximum atomic E-state index is 11.4. The number of Topliss-reactive ketones (excluding diaryl/α,β-unsaturated/α-hetero) is 1. The molecule has 1 rings (SSSR count). The van der Waals surface area contributed by atoms with Crippen LogP contribution in [0, 0.1) is 0 Å². The molecule has 0 bridgehead atoms. The molecule has 1 N–H and O–H groups in total. The molecule has 1 heterocycles. The van der Waals surface area contributed by atoms with E-state index in [4.69, 9.17) is 0 Å². The summed E-state index contributed by atoms with van der Waals surface area (Å²) in [7, 11) is 1.79.